The second-order valence-corrected chi connectivity index (χ2v) is 6.47. The van der Waals surface area contributed by atoms with Crippen molar-refractivity contribution in [2.24, 2.45) is 0 Å². The quantitative estimate of drug-likeness (QED) is 0.556. The van der Waals surface area contributed by atoms with Crippen molar-refractivity contribution >= 4 is 28.8 Å². The molecule has 2 heterocycles. The SMILES string of the molecule is CN1C(=O)c2ccc(C(=O)NCCCn3cnc4ccccc43)cc2C1=O. The summed E-state index contributed by atoms with van der Waals surface area (Å²) in [5.41, 5.74) is 3.00. The number of imide groups is 1. The summed E-state index contributed by atoms with van der Waals surface area (Å²) in [6.45, 7) is 1.23. The van der Waals surface area contributed by atoms with Crippen LogP contribution in [0.2, 0.25) is 0 Å². The Morgan fingerprint density at radius 3 is 2.70 bits per heavy atom. The normalized spacial score (nSPS) is 13.3. The van der Waals surface area contributed by atoms with E-state index in [0.717, 1.165) is 28.9 Å². The summed E-state index contributed by atoms with van der Waals surface area (Å²) in [5, 5.41) is 2.86. The molecule has 3 aromatic rings. The van der Waals surface area contributed by atoms with Gasteiger partial charge in [0.15, 0.2) is 0 Å². The zero-order chi connectivity index (χ0) is 19.0. The van der Waals surface area contributed by atoms with Gasteiger partial charge in [-0.15, -0.1) is 0 Å². The highest BCUT2D eigenvalue weighted by Crippen LogP contribution is 2.22. The third-order valence-electron chi connectivity index (χ3n) is 4.74. The summed E-state index contributed by atoms with van der Waals surface area (Å²) in [6.07, 6.45) is 2.54. The fourth-order valence-electron chi connectivity index (χ4n) is 3.24. The molecule has 0 bridgehead atoms. The van der Waals surface area contributed by atoms with Crippen LogP contribution in [0, 0.1) is 0 Å². The van der Waals surface area contributed by atoms with Crippen molar-refractivity contribution in [2.45, 2.75) is 13.0 Å². The number of hydrogen-bond acceptors (Lipinski definition) is 4. The number of fused-ring (bicyclic) bond motifs is 2. The van der Waals surface area contributed by atoms with Crippen LogP contribution in [0.3, 0.4) is 0 Å². The summed E-state index contributed by atoms with van der Waals surface area (Å²) in [7, 11) is 1.43. The van der Waals surface area contributed by atoms with Crippen LogP contribution in [0.5, 0.6) is 0 Å². The van der Waals surface area contributed by atoms with E-state index in [-0.39, 0.29) is 23.3 Å². The number of nitrogens with one attached hydrogen (secondary N) is 1. The summed E-state index contributed by atoms with van der Waals surface area (Å²) in [4.78, 5) is 41.7. The number of rotatable bonds is 5. The van der Waals surface area contributed by atoms with Crippen LogP contribution in [0.15, 0.2) is 48.8 Å². The molecule has 0 atom stereocenters. The molecule has 0 aliphatic carbocycles. The van der Waals surface area contributed by atoms with Gasteiger partial charge in [0, 0.05) is 25.7 Å². The van der Waals surface area contributed by atoms with Crippen LogP contribution in [0.1, 0.15) is 37.5 Å². The molecule has 2 aromatic carbocycles. The van der Waals surface area contributed by atoms with Gasteiger partial charge in [0.25, 0.3) is 17.7 Å². The molecule has 0 fully saturated rings. The maximum atomic E-state index is 12.3. The molecule has 1 aromatic heterocycles. The number of amides is 3. The minimum absolute atomic E-state index is 0.261. The molecular formula is C20H18N4O3. The van der Waals surface area contributed by atoms with Gasteiger partial charge in [0.1, 0.15) is 0 Å². The summed E-state index contributed by atoms with van der Waals surface area (Å²) in [5.74, 6) is -0.978. The van der Waals surface area contributed by atoms with Crippen molar-refractivity contribution in [1.82, 2.24) is 19.8 Å². The van der Waals surface area contributed by atoms with Gasteiger partial charge in [0.05, 0.1) is 28.5 Å². The molecule has 0 saturated heterocycles. The molecule has 27 heavy (non-hydrogen) atoms. The van der Waals surface area contributed by atoms with E-state index in [1.54, 1.807) is 12.4 Å². The Balaban J connectivity index is 1.36. The maximum Gasteiger partial charge on any atom is 0.261 e. The molecule has 0 saturated carbocycles. The van der Waals surface area contributed by atoms with E-state index >= 15 is 0 Å². The van der Waals surface area contributed by atoms with Gasteiger partial charge in [-0.05, 0) is 36.8 Å². The number of imidazole rings is 1. The average Bonchev–Trinajstić information content (AvgIpc) is 3.20. The number of aryl methyl sites for hydroxylation is 1. The van der Waals surface area contributed by atoms with Gasteiger partial charge >= 0.3 is 0 Å². The molecule has 136 valence electrons. The molecule has 3 amide bonds. The Hall–Kier alpha value is -3.48. The van der Waals surface area contributed by atoms with Crippen molar-refractivity contribution in [3.63, 3.8) is 0 Å². The largest absolute Gasteiger partial charge is 0.352 e. The van der Waals surface area contributed by atoms with Crippen LogP contribution >= 0.6 is 0 Å². The lowest BCUT2D eigenvalue weighted by molar-refractivity contribution is 0.0693. The highest BCUT2D eigenvalue weighted by atomic mass is 16.2. The lowest BCUT2D eigenvalue weighted by Gasteiger charge is -2.07. The minimum atomic E-state index is -0.378. The molecule has 0 radical (unpaired) electrons. The molecule has 1 N–H and O–H groups in total. The number of benzene rings is 2. The van der Waals surface area contributed by atoms with Crippen molar-refractivity contribution < 1.29 is 14.4 Å². The van der Waals surface area contributed by atoms with Crippen LogP contribution in [-0.2, 0) is 6.54 Å². The van der Waals surface area contributed by atoms with E-state index in [4.69, 9.17) is 0 Å². The maximum absolute atomic E-state index is 12.3. The predicted molar refractivity (Wildman–Crippen MR) is 99.5 cm³/mol. The highest BCUT2D eigenvalue weighted by Gasteiger charge is 2.33. The van der Waals surface area contributed by atoms with E-state index in [2.05, 4.69) is 14.9 Å². The zero-order valence-electron chi connectivity index (χ0n) is 14.8. The summed E-state index contributed by atoms with van der Waals surface area (Å²) < 4.78 is 2.05. The molecular weight excluding hydrogens is 344 g/mol. The highest BCUT2D eigenvalue weighted by molar-refractivity contribution is 6.21. The van der Waals surface area contributed by atoms with Crippen LogP contribution < -0.4 is 5.32 Å². The first-order chi connectivity index (χ1) is 13.1. The smallest absolute Gasteiger partial charge is 0.261 e. The average molecular weight is 362 g/mol. The Kier molecular flexibility index (Phi) is 4.19. The second-order valence-electron chi connectivity index (χ2n) is 6.47. The van der Waals surface area contributed by atoms with Crippen LogP contribution in [0.4, 0.5) is 0 Å². The fourth-order valence-corrected chi connectivity index (χ4v) is 3.24. The van der Waals surface area contributed by atoms with Gasteiger partial charge < -0.3 is 9.88 Å². The van der Waals surface area contributed by atoms with Crippen molar-refractivity contribution in [2.75, 3.05) is 13.6 Å². The number of para-hydroxylation sites is 2. The van der Waals surface area contributed by atoms with E-state index < -0.39 is 0 Å². The third kappa shape index (κ3) is 2.97. The number of carbonyl (C=O) groups excluding carboxylic acids is 3. The number of aromatic nitrogens is 2. The van der Waals surface area contributed by atoms with Gasteiger partial charge in [0.2, 0.25) is 0 Å². The first-order valence-electron chi connectivity index (χ1n) is 8.71. The summed E-state index contributed by atoms with van der Waals surface area (Å²) >= 11 is 0. The van der Waals surface area contributed by atoms with E-state index in [9.17, 15) is 14.4 Å². The molecule has 0 spiro atoms. The number of nitrogens with zero attached hydrogens (tertiary/aromatic N) is 3. The van der Waals surface area contributed by atoms with Crippen LogP contribution in [-0.4, -0.2) is 45.8 Å². The van der Waals surface area contributed by atoms with Crippen molar-refractivity contribution in [1.29, 1.82) is 0 Å². The Bertz CT molecular complexity index is 1070. The number of carbonyl (C=O) groups is 3. The fraction of sp³-hybridized carbons (Fsp3) is 0.200. The van der Waals surface area contributed by atoms with Gasteiger partial charge in [-0.2, -0.15) is 0 Å². The standard InChI is InChI=1S/C20H18N4O3/c1-23-19(26)14-8-7-13(11-15(14)20(23)27)18(25)21-9-4-10-24-12-22-16-5-2-3-6-17(16)24/h2-3,5-8,11-12H,4,9-10H2,1H3,(H,21,25). The minimum Gasteiger partial charge on any atom is -0.352 e. The van der Waals surface area contributed by atoms with E-state index in [1.807, 2.05) is 24.3 Å². The Morgan fingerprint density at radius 2 is 1.85 bits per heavy atom. The monoisotopic (exact) mass is 362 g/mol. The molecule has 4 rings (SSSR count). The zero-order valence-corrected chi connectivity index (χ0v) is 14.8. The first kappa shape index (κ1) is 17.0. The molecule has 1 aliphatic heterocycles. The van der Waals surface area contributed by atoms with Gasteiger partial charge in [-0.3, -0.25) is 19.3 Å². The first-order valence-corrected chi connectivity index (χ1v) is 8.71. The Labute approximate surface area is 155 Å². The third-order valence-corrected chi connectivity index (χ3v) is 4.74. The summed E-state index contributed by atoms with van der Waals surface area (Å²) in [6, 6.07) is 12.5. The van der Waals surface area contributed by atoms with Crippen LogP contribution in [0.25, 0.3) is 11.0 Å². The molecule has 0 unspecified atom stereocenters. The molecule has 1 aliphatic rings. The predicted octanol–water partition coefficient (Wildman–Crippen LogP) is 2.08. The van der Waals surface area contributed by atoms with E-state index in [0.29, 0.717) is 17.7 Å². The Morgan fingerprint density at radius 1 is 1.07 bits per heavy atom. The van der Waals surface area contributed by atoms with Gasteiger partial charge in [-0.25, -0.2) is 4.98 Å². The lowest BCUT2D eigenvalue weighted by atomic mass is 10.1. The van der Waals surface area contributed by atoms with Gasteiger partial charge in [-0.1, -0.05) is 12.1 Å². The number of hydrogen-bond donors (Lipinski definition) is 1. The molecule has 7 heteroatoms. The van der Waals surface area contributed by atoms with Crippen molar-refractivity contribution in [3.8, 4) is 0 Å². The molecule has 7 nitrogen and oxygen atoms in total. The topological polar surface area (TPSA) is 84.3 Å². The lowest BCUT2D eigenvalue weighted by Crippen LogP contribution is -2.25. The second kappa shape index (κ2) is 6.68. The van der Waals surface area contributed by atoms with Crippen molar-refractivity contribution in [3.05, 3.63) is 65.5 Å². The van der Waals surface area contributed by atoms with E-state index in [1.165, 1.54) is 19.2 Å².